The molecule has 0 radical (unpaired) electrons. The van der Waals surface area contributed by atoms with Gasteiger partial charge in [0.1, 0.15) is 0 Å². The number of aliphatic carboxylic acids is 1. The van der Waals surface area contributed by atoms with Crippen LogP contribution in [0.15, 0.2) is 29.8 Å². The normalized spacial score (nSPS) is 11.5. The van der Waals surface area contributed by atoms with Gasteiger partial charge in [0.2, 0.25) is 0 Å². The Hall–Kier alpha value is -1.57. The summed E-state index contributed by atoms with van der Waals surface area (Å²) < 4.78 is 0. The Kier molecular flexibility index (Phi) is 4.10. The number of benzene rings is 1. The van der Waals surface area contributed by atoms with Crippen LogP contribution in [0.3, 0.4) is 0 Å². The van der Waals surface area contributed by atoms with E-state index in [4.69, 9.17) is 5.11 Å². The molecule has 0 spiro atoms. The van der Waals surface area contributed by atoms with Crippen LogP contribution in [0, 0.1) is 6.92 Å². The molecule has 1 rings (SSSR count). The van der Waals surface area contributed by atoms with Gasteiger partial charge >= 0.3 is 5.97 Å². The van der Waals surface area contributed by atoms with Crippen molar-refractivity contribution in [2.45, 2.75) is 26.7 Å². The van der Waals surface area contributed by atoms with E-state index in [-0.39, 0.29) is 0 Å². The quantitative estimate of drug-likeness (QED) is 0.764. The monoisotopic (exact) mass is 204 g/mol. The molecule has 0 heterocycles. The van der Waals surface area contributed by atoms with Crippen molar-refractivity contribution in [3.63, 3.8) is 0 Å². The SMILES string of the molecule is CCC/C(=C\c1ccccc1C)C(=O)O. The fourth-order valence-corrected chi connectivity index (χ4v) is 1.45. The number of aryl methyl sites for hydroxylation is 1. The lowest BCUT2D eigenvalue weighted by Gasteiger charge is -2.03. The van der Waals surface area contributed by atoms with E-state index in [0.717, 1.165) is 17.5 Å². The minimum absolute atomic E-state index is 0.479. The fourth-order valence-electron chi connectivity index (χ4n) is 1.45. The van der Waals surface area contributed by atoms with Gasteiger partial charge in [0.05, 0.1) is 0 Å². The minimum Gasteiger partial charge on any atom is -0.478 e. The maximum absolute atomic E-state index is 10.9. The third kappa shape index (κ3) is 3.24. The summed E-state index contributed by atoms with van der Waals surface area (Å²) in [6.07, 6.45) is 3.23. The number of carboxylic acid groups (broad SMARTS) is 1. The summed E-state index contributed by atoms with van der Waals surface area (Å²) in [5.41, 5.74) is 2.57. The number of carboxylic acids is 1. The zero-order valence-corrected chi connectivity index (χ0v) is 9.16. The molecule has 0 aliphatic carbocycles. The highest BCUT2D eigenvalue weighted by Crippen LogP contribution is 2.15. The Bertz CT molecular complexity index is 378. The molecule has 2 heteroatoms. The molecule has 0 atom stereocenters. The Labute approximate surface area is 90.3 Å². The smallest absolute Gasteiger partial charge is 0.331 e. The van der Waals surface area contributed by atoms with Gasteiger partial charge in [-0.2, -0.15) is 0 Å². The first-order valence-corrected chi connectivity index (χ1v) is 5.14. The topological polar surface area (TPSA) is 37.3 Å². The van der Waals surface area contributed by atoms with Crippen molar-refractivity contribution in [1.82, 2.24) is 0 Å². The first kappa shape index (κ1) is 11.5. The second-order valence-electron chi connectivity index (χ2n) is 3.58. The van der Waals surface area contributed by atoms with E-state index in [1.54, 1.807) is 6.08 Å². The molecule has 0 unspecified atom stereocenters. The fraction of sp³-hybridized carbons (Fsp3) is 0.308. The van der Waals surface area contributed by atoms with Crippen molar-refractivity contribution in [2.24, 2.45) is 0 Å². The van der Waals surface area contributed by atoms with Crippen LogP contribution in [0.4, 0.5) is 0 Å². The first-order valence-electron chi connectivity index (χ1n) is 5.14. The molecular weight excluding hydrogens is 188 g/mol. The van der Waals surface area contributed by atoms with Crippen LogP contribution >= 0.6 is 0 Å². The van der Waals surface area contributed by atoms with E-state index in [1.165, 1.54) is 0 Å². The summed E-state index contributed by atoms with van der Waals surface area (Å²) in [6.45, 7) is 3.96. The van der Waals surface area contributed by atoms with E-state index in [2.05, 4.69) is 0 Å². The Morgan fingerprint density at radius 2 is 2.07 bits per heavy atom. The first-order chi connectivity index (χ1) is 7.15. The molecule has 0 aromatic heterocycles. The molecule has 1 aromatic rings. The van der Waals surface area contributed by atoms with Crippen LogP contribution < -0.4 is 0 Å². The van der Waals surface area contributed by atoms with E-state index >= 15 is 0 Å². The number of hydrogen-bond donors (Lipinski definition) is 1. The number of carbonyl (C=O) groups is 1. The molecule has 1 N–H and O–H groups in total. The summed E-state index contributed by atoms with van der Waals surface area (Å²) >= 11 is 0. The largest absolute Gasteiger partial charge is 0.478 e. The zero-order chi connectivity index (χ0) is 11.3. The molecule has 0 aliphatic heterocycles. The maximum Gasteiger partial charge on any atom is 0.331 e. The highest BCUT2D eigenvalue weighted by Gasteiger charge is 2.06. The van der Waals surface area contributed by atoms with Gasteiger partial charge in [-0.25, -0.2) is 4.79 Å². The van der Waals surface area contributed by atoms with Gasteiger partial charge in [0, 0.05) is 5.57 Å². The van der Waals surface area contributed by atoms with Crippen molar-refractivity contribution in [2.75, 3.05) is 0 Å². The van der Waals surface area contributed by atoms with Crippen molar-refractivity contribution >= 4 is 12.0 Å². The molecule has 0 fully saturated rings. The summed E-state index contributed by atoms with van der Waals surface area (Å²) in [5, 5.41) is 8.99. The summed E-state index contributed by atoms with van der Waals surface area (Å²) in [6, 6.07) is 7.79. The van der Waals surface area contributed by atoms with Crippen molar-refractivity contribution in [3.05, 3.63) is 41.0 Å². The molecule has 0 amide bonds. The average Bonchev–Trinajstić information content (AvgIpc) is 2.20. The van der Waals surface area contributed by atoms with Crippen molar-refractivity contribution < 1.29 is 9.90 Å². The summed E-state index contributed by atoms with van der Waals surface area (Å²) in [7, 11) is 0. The lowest BCUT2D eigenvalue weighted by Crippen LogP contribution is -2.00. The second kappa shape index (κ2) is 5.35. The number of rotatable bonds is 4. The van der Waals surface area contributed by atoms with Crippen LogP contribution in [0.2, 0.25) is 0 Å². The predicted octanol–water partition coefficient (Wildman–Crippen LogP) is 3.26. The Balaban J connectivity index is 3.02. The average molecular weight is 204 g/mol. The van der Waals surface area contributed by atoms with Crippen molar-refractivity contribution in [3.8, 4) is 0 Å². The lowest BCUT2D eigenvalue weighted by molar-refractivity contribution is -0.132. The van der Waals surface area contributed by atoms with E-state index in [0.29, 0.717) is 12.0 Å². The van der Waals surface area contributed by atoms with Gasteiger partial charge in [0.15, 0.2) is 0 Å². The minimum atomic E-state index is -0.819. The molecule has 15 heavy (non-hydrogen) atoms. The molecule has 1 aromatic carbocycles. The van der Waals surface area contributed by atoms with Crippen LogP contribution in [-0.2, 0) is 4.79 Å². The lowest BCUT2D eigenvalue weighted by atomic mass is 10.0. The maximum atomic E-state index is 10.9. The zero-order valence-electron chi connectivity index (χ0n) is 9.16. The second-order valence-corrected chi connectivity index (χ2v) is 3.58. The molecule has 0 aliphatic rings. The van der Waals surface area contributed by atoms with E-state index < -0.39 is 5.97 Å². The van der Waals surface area contributed by atoms with Gasteiger partial charge in [-0.3, -0.25) is 0 Å². The molecule has 80 valence electrons. The third-order valence-corrected chi connectivity index (χ3v) is 2.31. The Morgan fingerprint density at radius 3 is 2.60 bits per heavy atom. The summed E-state index contributed by atoms with van der Waals surface area (Å²) in [4.78, 5) is 10.9. The van der Waals surface area contributed by atoms with E-state index in [1.807, 2.05) is 38.1 Å². The van der Waals surface area contributed by atoms with E-state index in [9.17, 15) is 4.79 Å². The van der Waals surface area contributed by atoms with Gasteiger partial charge in [-0.15, -0.1) is 0 Å². The van der Waals surface area contributed by atoms with Crippen LogP contribution in [-0.4, -0.2) is 11.1 Å². The molecule has 0 saturated carbocycles. The summed E-state index contributed by atoms with van der Waals surface area (Å²) in [5.74, 6) is -0.819. The predicted molar refractivity (Wildman–Crippen MR) is 61.7 cm³/mol. The van der Waals surface area contributed by atoms with Gasteiger partial charge in [0.25, 0.3) is 0 Å². The standard InChI is InChI=1S/C13H16O2/c1-3-6-12(13(14)15)9-11-8-5-4-7-10(11)2/h4-5,7-9H,3,6H2,1-2H3,(H,14,15)/b12-9+. The van der Waals surface area contributed by atoms with Gasteiger partial charge in [-0.1, -0.05) is 37.6 Å². The highest BCUT2D eigenvalue weighted by atomic mass is 16.4. The molecule has 2 nitrogen and oxygen atoms in total. The molecule has 0 bridgehead atoms. The van der Waals surface area contributed by atoms with Gasteiger partial charge in [-0.05, 0) is 30.5 Å². The number of hydrogen-bond acceptors (Lipinski definition) is 1. The van der Waals surface area contributed by atoms with Crippen LogP contribution in [0.25, 0.3) is 6.08 Å². The highest BCUT2D eigenvalue weighted by molar-refractivity contribution is 5.92. The molecular formula is C13H16O2. The van der Waals surface area contributed by atoms with Crippen LogP contribution in [0.5, 0.6) is 0 Å². The Morgan fingerprint density at radius 1 is 1.40 bits per heavy atom. The van der Waals surface area contributed by atoms with Crippen LogP contribution in [0.1, 0.15) is 30.9 Å². The third-order valence-electron chi connectivity index (χ3n) is 2.31. The van der Waals surface area contributed by atoms with Gasteiger partial charge < -0.3 is 5.11 Å². The van der Waals surface area contributed by atoms with Crippen molar-refractivity contribution in [1.29, 1.82) is 0 Å². The molecule has 0 saturated heterocycles.